The zero-order valence-corrected chi connectivity index (χ0v) is 16.7. The largest absolute Gasteiger partial charge is 0.506 e. The fourth-order valence-electron chi connectivity index (χ4n) is 3.20. The zero-order chi connectivity index (χ0) is 19.7. The molecule has 1 amide bonds. The van der Waals surface area contributed by atoms with Crippen molar-refractivity contribution in [3.05, 3.63) is 57.3 Å². The van der Waals surface area contributed by atoms with Gasteiger partial charge >= 0.3 is 0 Å². The van der Waals surface area contributed by atoms with E-state index >= 15 is 0 Å². The van der Waals surface area contributed by atoms with Crippen LogP contribution in [0.1, 0.15) is 33.2 Å². The third-order valence-corrected chi connectivity index (χ3v) is 5.30. The maximum atomic E-state index is 14.3. The lowest BCUT2D eigenvalue weighted by molar-refractivity contribution is 0.0743. The summed E-state index contributed by atoms with van der Waals surface area (Å²) in [5, 5.41) is 10.2. The summed E-state index contributed by atoms with van der Waals surface area (Å²) < 4.78 is 14.8. The van der Waals surface area contributed by atoms with Crippen molar-refractivity contribution in [1.29, 1.82) is 0 Å². The van der Waals surface area contributed by atoms with Gasteiger partial charge in [-0.05, 0) is 65.7 Å². The molecule has 5 nitrogen and oxygen atoms in total. The highest BCUT2D eigenvalue weighted by molar-refractivity contribution is 9.10. The minimum Gasteiger partial charge on any atom is -0.506 e. The first-order valence-electron chi connectivity index (χ1n) is 8.61. The van der Waals surface area contributed by atoms with Gasteiger partial charge in [0.25, 0.3) is 5.91 Å². The van der Waals surface area contributed by atoms with Crippen molar-refractivity contribution in [1.82, 2.24) is 4.90 Å². The van der Waals surface area contributed by atoms with E-state index in [1.54, 1.807) is 29.2 Å². The molecule has 0 spiro atoms. The monoisotopic (exact) mass is 434 g/mol. The van der Waals surface area contributed by atoms with Gasteiger partial charge in [-0.1, -0.05) is 0 Å². The molecule has 1 saturated heterocycles. The molecule has 0 saturated carbocycles. The first-order valence-corrected chi connectivity index (χ1v) is 9.41. The van der Waals surface area contributed by atoms with E-state index in [9.17, 15) is 19.1 Å². The summed E-state index contributed by atoms with van der Waals surface area (Å²) >= 11 is 3.26. The molecule has 0 bridgehead atoms. The number of hydrogen-bond donors (Lipinski definition) is 1. The number of amides is 1. The Bertz CT molecular complexity index is 908. The Labute approximate surface area is 165 Å². The van der Waals surface area contributed by atoms with E-state index in [0.717, 1.165) is 5.56 Å². The molecular formula is C20H20BrFN2O3. The predicted octanol–water partition coefficient (Wildman–Crippen LogP) is 3.77. The predicted molar refractivity (Wildman–Crippen MR) is 105 cm³/mol. The molecule has 0 unspecified atom stereocenters. The number of halogens is 2. The van der Waals surface area contributed by atoms with Gasteiger partial charge in [0, 0.05) is 31.7 Å². The number of nitrogens with zero attached hydrogens (tertiary/aromatic N) is 2. The van der Waals surface area contributed by atoms with Crippen molar-refractivity contribution < 1.29 is 19.1 Å². The quantitative estimate of drug-likeness (QED) is 0.746. The van der Waals surface area contributed by atoms with Crippen molar-refractivity contribution in [2.24, 2.45) is 0 Å². The normalized spacial score (nSPS) is 14.4. The van der Waals surface area contributed by atoms with Crippen molar-refractivity contribution in [2.75, 3.05) is 31.1 Å². The number of anilines is 1. The summed E-state index contributed by atoms with van der Waals surface area (Å²) in [4.78, 5) is 27.6. The molecule has 0 aromatic heterocycles. The average molecular weight is 435 g/mol. The summed E-state index contributed by atoms with van der Waals surface area (Å²) in [5.74, 6) is -0.939. The van der Waals surface area contributed by atoms with Crippen LogP contribution in [0, 0.1) is 12.7 Å². The van der Waals surface area contributed by atoms with E-state index in [1.807, 2.05) is 11.8 Å². The van der Waals surface area contributed by atoms with Crippen LogP contribution in [0.3, 0.4) is 0 Å². The number of ketones is 1. The van der Waals surface area contributed by atoms with Gasteiger partial charge in [-0.15, -0.1) is 0 Å². The lowest BCUT2D eigenvalue weighted by Gasteiger charge is -2.36. The van der Waals surface area contributed by atoms with Crippen molar-refractivity contribution in [3.8, 4) is 5.75 Å². The fraction of sp³-hybridized carbons (Fsp3) is 0.300. The summed E-state index contributed by atoms with van der Waals surface area (Å²) in [6.07, 6.45) is 0. The molecule has 142 valence electrons. The summed E-state index contributed by atoms with van der Waals surface area (Å²) in [7, 11) is 0. The van der Waals surface area contributed by atoms with Crippen LogP contribution in [0.2, 0.25) is 0 Å². The van der Waals surface area contributed by atoms with E-state index in [1.165, 1.54) is 13.0 Å². The standard InChI is InChI=1S/C20H20BrFN2O3/c1-12-9-15(19(26)16(21)10-12)20(27)24-7-5-23(6-8-24)18-4-3-14(13(2)25)11-17(18)22/h3-4,9-11,26H,5-8H2,1-2H3. The highest BCUT2D eigenvalue weighted by Crippen LogP contribution is 2.31. The van der Waals surface area contributed by atoms with Crippen LogP contribution < -0.4 is 4.90 Å². The number of hydrogen-bond acceptors (Lipinski definition) is 4. The average Bonchev–Trinajstić information content (AvgIpc) is 2.64. The minimum atomic E-state index is -0.442. The maximum Gasteiger partial charge on any atom is 0.257 e. The summed E-state index contributed by atoms with van der Waals surface area (Å²) in [6, 6.07) is 7.87. The number of carbonyl (C=O) groups excluding carboxylic acids is 2. The van der Waals surface area contributed by atoms with Gasteiger partial charge in [0.05, 0.1) is 15.7 Å². The molecule has 1 aliphatic rings. The maximum absolute atomic E-state index is 14.3. The Balaban J connectivity index is 1.72. The van der Waals surface area contributed by atoms with Gasteiger partial charge in [0.1, 0.15) is 11.6 Å². The lowest BCUT2D eigenvalue weighted by atomic mass is 10.1. The van der Waals surface area contributed by atoms with E-state index in [-0.39, 0.29) is 23.0 Å². The van der Waals surface area contributed by atoms with Gasteiger partial charge in [0.15, 0.2) is 5.78 Å². The Morgan fingerprint density at radius 2 is 1.78 bits per heavy atom. The van der Waals surface area contributed by atoms with Crippen molar-refractivity contribution in [3.63, 3.8) is 0 Å². The van der Waals surface area contributed by atoms with Crippen molar-refractivity contribution in [2.45, 2.75) is 13.8 Å². The molecule has 0 radical (unpaired) electrons. The molecule has 7 heteroatoms. The topological polar surface area (TPSA) is 60.9 Å². The van der Waals surface area contributed by atoms with Crippen LogP contribution in [0.25, 0.3) is 0 Å². The third-order valence-electron chi connectivity index (χ3n) is 4.70. The van der Waals surface area contributed by atoms with E-state index in [2.05, 4.69) is 15.9 Å². The molecule has 1 fully saturated rings. The van der Waals surface area contributed by atoms with Crippen molar-refractivity contribution >= 4 is 33.3 Å². The smallest absolute Gasteiger partial charge is 0.257 e. The number of aromatic hydroxyl groups is 1. The van der Waals surface area contributed by atoms with Gasteiger partial charge in [-0.25, -0.2) is 4.39 Å². The molecule has 1 N–H and O–H groups in total. The Hall–Kier alpha value is -2.41. The minimum absolute atomic E-state index is 0.0705. The molecule has 3 rings (SSSR count). The number of aryl methyl sites for hydroxylation is 1. The van der Waals surface area contributed by atoms with E-state index < -0.39 is 5.82 Å². The number of rotatable bonds is 3. The number of piperazine rings is 1. The number of phenols is 1. The Morgan fingerprint density at radius 3 is 2.37 bits per heavy atom. The molecule has 0 aliphatic carbocycles. The Morgan fingerprint density at radius 1 is 1.11 bits per heavy atom. The van der Waals surface area contributed by atoms with E-state index in [0.29, 0.717) is 41.9 Å². The van der Waals surface area contributed by atoms with Gasteiger partial charge in [-0.2, -0.15) is 0 Å². The highest BCUT2D eigenvalue weighted by Gasteiger charge is 2.26. The van der Waals surface area contributed by atoms with Gasteiger partial charge in [0.2, 0.25) is 0 Å². The second-order valence-electron chi connectivity index (χ2n) is 6.64. The summed E-state index contributed by atoms with van der Waals surface area (Å²) in [5.41, 5.74) is 1.89. The second kappa shape index (κ2) is 7.68. The molecular weight excluding hydrogens is 415 g/mol. The molecule has 2 aromatic carbocycles. The van der Waals surface area contributed by atoms with Crippen LogP contribution in [0.5, 0.6) is 5.75 Å². The van der Waals surface area contributed by atoms with Gasteiger partial charge < -0.3 is 14.9 Å². The van der Waals surface area contributed by atoms with Crippen LogP contribution in [-0.4, -0.2) is 47.9 Å². The first-order chi connectivity index (χ1) is 12.8. The van der Waals surface area contributed by atoms with Gasteiger partial charge in [-0.3, -0.25) is 9.59 Å². The summed E-state index contributed by atoms with van der Waals surface area (Å²) in [6.45, 7) is 5.02. The lowest BCUT2D eigenvalue weighted by Crippen LogP contribution is -2.49. The number of carbonyl (C=O) groups is 2. The third kappa shape index (κ3) is 3.98. The molecule has 2 aromatic rings. The zero-order valence-electron chi connectivity index (χ0n) is 15.1. The van der Waals surface area contributed by atoms with E-state index in [4.69, 9.17) is 0 Å². The Kier molecular flexibility index (Phi) is 5.51. The highest BCUT2D eigenvalue weighted by atomic mass is 79.9. The van der Waals surface area contributed by atoms with Crippen LogP contribution in [0.4, 0.5) is 10.1 Å². The van der Waals surface area contributed by atoms with Crippen LogP contribution in [0.15, 0.2) is 34.8 Å². The number of Topliss-reactive ketones (excluding diaryl/α,β-unsaturated/α-hetero) is 1. The molecule has 27 heavy (non-hydrogen) atoms. The van der Waals surface area contributed by atoms with Crippen LogP contribution >= 0.6 is 15.9 Å². The first kappa shape index (κ1) is 19.4. The SMILES string of the molecule is CC(=O)c1ccc(N2CCN(C(=O)c3cc(C)cc(Br)c3O)CC2)c(F)c1. The molecule has 0 atom stereocenters. The number of benzene rings is 2. The number of phenolic OH excluding ortho intramolecular Hbond substituents is 1. The molecule has 1 heterocycles. The van der Waals surface area contributed by atoms with Crippen LogP contribution in [-0.2, 0) is 0 Å². The fourth-order valence-corrected chi connectivity index (χ4v) is 3.78. The molecule has 1 aliphatic heterocycles. The second-order valence-corrected chi connectivity index (χ2v) is 7.50.